The first kappa shape index (κ1) is 11.3. The predicted molar refractivity (Wildman–Crippen MR) is 66.4 cm³/mol. The number of halogens is 1. The molecule has 1 unspecified atom stereocenters. The lowest BCUT2D eigenvalue weighted by Gasteiger charge is -2.16. The summed E-state index contributed by atoms with van der Waals surface area (Å²) in [6.45, 7) is 1.79. The summed E-state index contributed by atoms with van der Waals surface area (Å²) >= 11 is 1.67. The van der Waals surface area contributed by atoms with Gasteiger partial charge in [-0.05, 0) is 53.6 Å². The summed E-state index contributed by atoms with van der Waals surface area (Å²) in [4.78, 5) is 0. The summed E-state index contributed by atoms with van der Waals surface area (Å²) in [5.74, 6) is -0.149. The summed E-state index contributed by atoms with van der Waals surface area (Å²) in [5, 5.41) is 7.41. The molecule has 1 aromatic heterocycles. The van der Waals surface area contributed by atoms with Gasteiger partial charge in [0.15, 0.2) is 0 Å². The van der Waals surface area contributed by atoms with E-state index in [-0.39, 0.29) is 11.9 Å². The monoisotopic (exact) mass is 235 g/mol. The van der Waals surface area contributed by atoms with Crippen molar-refractivity contribution in [1.29, 1.82) is 0 Å². The summed E-state index contributed by atoms with van der Waals surface area (Å²) in [6.07, 6.45) is 0. The van der Waals surface area contributed by atoms with Gasteiger partial charge in [-0.15, -0.1) is 0 Å². The lowest BCUT2D eigenvalue weighted by atomic mass is 9.99. The zero-order valence-electron chi connectivity index (χ0n) is 9.33. The number of hydrogen-bond donors (Lipinski definition) is 1. The molecular formula is C13H14FNS. The Kier molecular flexibility index (Phi) is 3.36. The molecular weight excluding hydrogens is 221 g/mol. The van der Waals surface area contributed by atoms with Crippen molar-refractivity contribution in [3.8, 4) is 0 Å². The molecule has 0 fully saturated rings. The molecule has 0 saturated heterocycles. The van der Waals surface area contributed by atoms with Crippen LogP contribution in [0.1, 0.15) is 22.7 Å². The first-order valence-electron chi connectivity index (χ1n) is 5.18. The van der Waals surface area contributed by atoms with Crippen LogP contribution >= 0.6 is 11.3 Å². The molecule has 16 heavy (non-hydrogen) atoms. The number of rotatable bonds is 3. The van der Waals surface area contributed by atoms with Gasteiger partial charge in [-0.1, -0.05) is 12.1 Å². The van der Waals surface area contributed by atoms with Gasteiger partial charge in [0.2, 0.25) is 0 Å². The summed E-state index contributed by atoms with van der Waals surface area (Å²) in [5.41, 5.74) is 3.01. The quantitative estimate of drug-likeness (QED) is 0.858. The normalized spacial score (nSPS) is 12.7. The lowest BCUT2D eigenvalue weighted by Crippen LogP contribution is -2.17. The van der Waals surface area contributed by atoms with Crippen molar-refractivity contribution in [1.82, 2.24) is 5.32 Å². The molecule has 0 aliphatic rings. The van der Waals surface area contributed by atoms with E-state index in [1.165, 1.54) is 11.6 Å². The third-order valence-electron chi connectivity index (χ3n) is 2.68. The first-order valence-corrected chi connectivity index (χ1v) is 6.12. The maximum absolute atomic E-state index is 13.2. The van der Waals surface area contributed by atoms with E-state index in [9.17, 15) is 4.39 Å². The highest BCUT2D eigenvalue weighted by Crippen LogP contribution is 2.24. The number of nitrogens with one attached hydrogen (secondary N) is 1. The molecule has 1 N–H and O–H groups in total. The molecule has 0 saturated carbocycles. The van der Waals surface area contributed by atoms with Gasteiger partial charge < -0.3 is 5.32 Å². The highest BCUT2D eigenvalue weighted by atomic mass is 32.1. The maximum atomic E-state index is 13.2. The van der Waals surface area contributed by atoms with Gasteiger partial charge in [-0.2, -0.15) is 11.3 Å². The number of thiophene rings is 1. The number of benzene rings is 1. The van der Waals surface area contributed by atoms with Crippen molar-refractivity contribution < 1.29 is 4.39 Å². The van der Waals surface area contributed by atoms with Gasteiger partial charge in [0.25, 0.3) is 0 Å². The van der Waals surface area contributed by atoms with Crippen LogP contribution in [0, 0.1) is 12.7 Å². The first-order chi connectivity index (χ1) is 7.72. The molecule has 2 rings (SSSR count). The van der Waals surface area contributed by atoms with Crippen LogP contribution in [0.4, 0.5) is 4.39 Å². The van der Waals surface area contributed by atoms with Gasteiger partial charge in [0.1, 0.15) is 5.82 Å². The smallest absolute Gasteiger partial charge is 0.126 e. The van der Waals surface area contributed by atoms with Crippen molar-refractivity contribution in [3.63, 3.8) is 0 Å². The fourth-order valence-corrected chi connectivity index (χ4v) is 2.50. The Hall–Kier alpha value is -1.19. The highest BCUT2D eigenvalue weighted by molar-refractivity contribution is 7.08. The molecule has 1 heterocycles. The van der Waals surface area contributed by atoms with Gasteiger partial charge in [-0.3, -0.25) is 0 Å². The molecule has 84 valence electrons. The molecule has 0 radical (unpaired) electrons. The van der Waals surface area contributed by atoms with E-state index in [4.69, 9.17) is 0 Å². The third kappa shape index (κ3) is 2.15. The average molecular weight is 235 g/mol. The second-order valence-corrected chi connectivity index (χ2v) is 4.57. The second kappa shape index (κ2) is 4.76. The molecule has 0 aliphatic heterocycles. The second-order valence-electron chi connectivity index (χ2n) is 3.79. The van der Waals surface area contributed by atoms with Crippen molar-refractivity contribution in [2.75, 3.05) is 7.05 Å². The highest BCUT2D eigenvalue weighted by Gasteiger charge is 2.13. The van der Waals surface area contributed by atoms with Crippen LogP contribution in [0.3, 0.4) is 0 Å². The molecule has 2 aromatic rings. The van der Waals surface area contributed by atoms with Gasteiger partial charge >= 0.3 is 0 Å². The Morgan fingerprint density at radius 3 is 2.62 bits per heavy atom. The molecule has 3 heteroatoms. The fraction of sp³-hybridized carbons (Fsp3) is 0.231. The van der Waals surface area contributed by atoms with Crippen LogP contribution in [0.25, 0.3) is 0 Å². The van der Waals surface area contributed by atoms with Crippen LogP contribution in [0.5, 0.6) is 0 Å². The van der Waals surface area contributed by atoms with Crippen molar-refractivity contribution >= 4 is 11.3 Å². The van der Waals surface area contributed by atoms with Crippen molar-refractivity contribution in [2.45, 2.75) is 13.0 Å². The minimum absolute atomic E-state index is 0.144. The standard InChI is InChI=1S/C13H14FNS/c1-9-7-10(3-4-12(9)14)13(15-2)11-5-6-16-8-11/h3-8,13,15H,1-2H3. The van der Waals surface area contributed by atoms with E-state index in [0.717, 1.165) is 5.56 Å². The summed E-state index contributed by atoms with van der Waals surface area (Å²) in [7, 11) is 1.92. The predicted octanol–water partition coefficient (Wildman–Crippen LogP) is 3.50. The largest absolute Gasteiger partial charge is 0.309 e. The van der Waals surface area contributed by atoms with E-state index in [2.05, 4.69) is 22.1 Å². The number of hydrogen-bond acceptors (Lipinski definition) is 2. The average Bonchev–Trinajstić information content (AvgIpc) is 2.78. The van der Waals surface area contributed by atoms with Gasteiger partial charge in [-0.25, -0.2) is 4.39 Å². The van der Waals surface area contributed by atoms with E-state index in [1.54, 1.807) is 18.3 Å². The molecule has 0 aliphatic carbocycles. The lowest BCUT2D eigenvalue weighted by molar-refractivity contribution is 0.614. The van der Waals surface area contributed by atoms with E-state index in [0.29, 0.717) is 5.56 Å². The Balaban J connectivity index is 2.37. The van der Waals surface area contributed by atoms with Gasteiger partial charge in [0.05, 0.1) is 6.04 Å². The minimum atomic E-state index is -0.149. The summed E-state index contributed by atoms with van der Waals surface area (Å²) in [6, 6.07) is 7.49. The fourth-order valence-electron chi connectivity index (χ4n) is 1.81. The van der Waals surface area contributed by atoms with Crippen molar-refractivity contribution in [3.05, 3.63) is 57.5 Å². The Morgan fingerprint density at radius 1 is 1.25 bits per heavy atom. The topological polar surface area (TPSA) is 12.0 Å². The number of aryl methyl sites for hydroxylation is 1. The van der Waals surface area contributed by atoms with Crippen LogP contribution in [-0.2, 0) is 0 Å². The van der Waals surface area contributed by atoms with Crippen LogP contribution < -0.4 is 5.32 Å². The maximum Gasteiger partial charge on any atom is 0.126 e. The van der Waals surface area contributed by atoms with E-state index in [1.807, 2.05) is 19.2 Å². The minimum Gasteiger partial charge on any atom is -0.309 e. The molecule has 0 bridgehead atoms. The zero-order chi connectivity index (χ0) is 11.5. The van der Waals surface area contributed by atoms with Gasteiger partial charge in [0, 0.05) is 0 Å². The molecule has 1 atom stereocenters. The molecule has 1 nitrogen and oxygen atoms in total. The Morgan fingerprint density at radius 2 is 2.06 bits per heavy atom. The van der Waals surface area contributed by atoms with Crippen molar-refractivity contribution in [2.24, 2.45) is 0 Å². The van der Waals surface area contributed by atoms with E-state index < -0.39 is 0 Å². The third-order valence-corrected chi connectivity index (χ3v) is 3.38. The SMILES string of the molecule is CNC(c1ccsc1)c1ccc(F)c(C)c1. The molecule has 1 aromatic carbocycles. The van der Waals surface area contributed by atoms with Crippen LogP contribution in [0.15, 0.2) is 35.0 Å². The molecule has 0 amide bonds. The van der Waals surface area contributed by atoms with Crippen LogP contribution in [0.2, 0.25) is 0 Å². The van der Waals surface area contributed by atoms with Crippen LogP contribution in [-0.4, -0.2) is 7.05 Å². The van der Waals surface area contributed by atoms with E-state index >= 15 is 0 Å². The zero-order valence-corrected chi connectivity index (χ0v) is 10.1. The summed E-state index contributed by atoms with van der Waals surface area (Å²) < 4.78 is 13.2. The Bertz CT molecular complexity index is 465. The Labute approximate surface area is 98.9 Å². The molecule has 0 spiro atoms.